The van der Waals surface area contributed by atoms with Crippen LogP contribution in [0.1, 0.15) is 75.5 Å². The lowest BCUT2D eigenvalue weighted by molar-refractivity contribution is -0.208. The topological polar surface area (TPSA) is 103 Å². The van der Waals surface area contributed by atoms with E-state index in [-0.39, 0.29) is 18.2 Å². The normalized spacial score (nSPS) is 20.1. The average molecular weight is 558 g/mol. The van der Waals surface area contributed by atoms with Crippen LogP contribution in [0.3, 0.4) is 0 Å². The Kier molecular flexibility index (Phi) is 8.64. The number of fused-ring (bicyclic) bond motifs is 1. The molecule has 0 amide bonds. The van der Waals surface area contributed by atoms with E-state index in [0.29, 0.717) is 29.5 Å². The second-order valence-electron chi connectivity index (χ2n) is 10.8. The molecule has 2 unspecified atom stereocenters. The second kappa shape index (κ2) is 12.1. The molecular formula is C30H36ClNO7. The van der Waals surface area contributed by atoms with Gasteiger partial charge in [0.2, 0.25) is 0 Å². The Bertz CT molecular complexity index is 1150. The predicted molar refractivity (Wildman–Crippen MR) is 145 cm³/mol. The van der Waals surface area contributed by atoms with Gasteiger partial charge in [0.05, 0.1) is 6.10 Å². The van der Waals surface area contributed by atoms with Crippen molar-refractivity contribution in [2.45, 2.75) is 94.9 Å². The van der Waals surface area contributed by atoms with Crippen LogP contribution in [-0.2, 0) is 25.5 Å². The van der Waals surface area contributed by atoms with E-state index in [9.17, 15) is 14.7 Å². The van der Waals surface area contributed by atoms with E-state index in [1.807, 2.05) is 25.1 Å². The maximum Gasteiger partial charge on any atom is 0.453 e. The fourth-order valence-corrected chi connectivity index (χ4v) is 5.66. The van der Waals surface area contributed by atoms with Crippen molar-refractivity contribution in [3.63, 3.8) is 0 Å². The highest BCUT2D eigenvalue weighted by molar-refractivity contribution is 6.30. The summed E-state index contributed by atoms with van der Waals surface area (Å²) in [5.41, 5.74) is 1.66. The van der Waals surface area contributed by atoms with Crippen molar-refractivity contribution in [3.05, 3.63) is 58.6 Å². The highest BCUT2D eigenvalue weighted by Gasteiger charge is 2.60. The maximum absolute atomic E-state index is 13.3. The van der Waals surface area contributed by atoms with Gasteiger partial charge in [0.25, 0.3) is 0 Å². The molecule has 2 fully saturated rings. The summed E-state index contributed by atoms with van der Waals surface area (Å²) in [7, 11) is 0. The Labute approximate surface area is 233 Å². The highest BCUT2D eigenvalue weighted by atomic mass is 35.5. The predicted octanol–water partition coefficient (Wildman–Crippen LogP) is 5.03. The molecule has 2 atom stereocenters. The zero-order valence-electron chi connectivity index (χ0n) is 22.2. The highest BCUT2D eigenvalue weighted by Crippen LogP contribution is 2.42. The van der Waals surface area contributed by atoms with Crippen LogP contribution >= 0.6 is 11.6 Å². The molecule has 2 aliphatic carbocycles. The van der Waals surface area contributed by atoms with Gasteiger partial charge in [-0.2, -0.15) is 0 Å². The summed E-state index contributed by atoms with van der Waals surface area (Å²) in [6.07, 6.45) is 6.35. The first-order valence-corrected chi connectivity index (χ1v) is 14.3. The Morgan fingerprint density at radius 3 is 2.21 bits per heavy atom. The molecule has 0 radical (unpaired) electrons. The van der Waals surface area contributed by atoms with Crippen molar-refractivity contribution in [1.82, 2.24) is 5.32 Å². The van der Waals surface area contributed by atoms with Crippen LogP contribution in [-0.4, -0.2) is 47.6 Å². The van der Waals surface area contributed by atoms with Crippen LogP contribution < -0.4 is 14.8 Å². The number of hydrogen-bond donors (Lipinski definition) is 2. The van der Waals surface area contributed by atoms with E-state index >= 15 is 0 Å². The van der Waals surface area contributed by atoms with Crippen molar-refractivity contribution in [2.75, 3.05) is 6.54 Å². The van der Waals surface area contributed by atoms with E-state index in [1.54, 1.807) is 24.3 Å². The number of ether oxygens (including phenoxy) is 4. The molecular weight excluding hydrogens is 522 g/mol. The van der Waals surface area contributed by atoms with Gasteiger partial charge < -0.3 is 29.4 Å². The molecule has 1 aliphatic heterocycles. The summed E-state index contributed by atoms with van der Waals surface area (Å²) in [5, 5.41) is 14.4. The number of benzene rings is 2. The van der Waals surface area contributed by atoms with Crippen LogP contribution in [0.5, 0.6) is 11.5 Å². The molecule has 9 heteroatoms. The van der Waals surface area contributed by atoms with Gasteiger partial charge in [-0.3, -0.25) is 0 Å². The van der Waals surface area contributed by atoms with E-state index in [0.717, 1.165) is 62.5 Å². The third-order valence-corrected chi connectivity index (χ3v) is 7.87. The second-order valence-corrected chi connectivity index (χ2v) is 11.2. The van der Waals surface area contributed by atoms with Crippen LogP contribution in [0.4, 0.5) is 0 Å². The van der Waals surface area contributed by atoms with Gasteiger partial charge in [0.1, 0.15) is 12.2 Å². The number of esters is 2. The summed E-state index contributed by atoms with van der Waals surface area (Å²) in [4.78, 5) is 26.7. The molecule has 5 rings (SSSR count). The third kappa shape index (κ3) is 6.51. The van der Waals surface area contributed by atoms with Gasteiger partial charge in [-0.15, -0.1) is 0 Å². The number of carbonyl (C=O) groups is 2. The molecule has 39 heavy (non-hydrogen) atoms. The van der Waals surface area contributed by atoms with Crippen molar-refractivity contribution < 1.29 is 33.6 Å². The van der Waals surface area contributed by atoms with Gasteiger partial charge in [-0.05, 0) is 100 Å². The lowest BCUT2D eigenvalue weighted by atomic mass is 10.1. The van der Waals surface area contributed by atoms with Crippen molar-refractivity contribution in [3.8, 4) is 11.5 Å². The minimum Gasteiger partial charge on any atom is -0.456 e. The van der Waals surface area contributed by atoms with Crippen LogP contribution in [0.15, 0.2) is 42.5 Å². The van der Waals surface area contributed by atoms with Crippen LogP contribution in [0.25, 0.3) is 0 Å². The lowest BCUT2D eigenvalue weighted by Crippen LogP contribution is -2.57. The van der Waals surface area contributed by atoms with Gasteiger partial charge in [0, 0.05) is 17.6 Å². The van der Waals surface area contributed by atoms with Crippen molar-refractivity contribution in [1.29, 1.82) is 0 Å². The SMILES string of the molecule is CC(Cc1ccc2c(c1)OC(C(=O)OC1CCCC1)(C(=O)OC1CCCC1)O2)NCC(O)c1cccc(Cl)c1. The first-order valence-electron chi connectivity index (χ1n) is 13.9. The zero-order chi connectivity index (χ0) is 27.4. The molecule has 2 aromatic rings. The molecule has 2 saturated carbocycles. The number of halogens is 1. The maximum atomic E-state index is 13.3. The number of rotatable bonds is 10. The summed E-state index contributed by atoms with van der Waals surface area (Å²) >= 11 is 6.04. The zero-order valence-corrected chi connectivity index (χ0v) is 23.0. The standard InChI is InChI=1S/C30H36ClNO7/c1-19(32-18-25(33)21-7-6-8-22(31)17-21)15-20-13-14-26-27(16-20)39-30(38-26,28(34)36-23-9-2-3-10-23)29(35)37-24-11-4-5-12-24/h6-8,13-14,16-17,19,23-25,32-33H,2-5,9-12,15,18H2,1H3. The van der Waals surface area contributed by atoms with Gasteiger partial charge in [-0.1, -0.05) is 29.8 Å². The molecule has 0 aromatic heterocycles. The van der Waals surface area contributed by atoms with Gasteiger partial charge in [0.15, 0.2) is 11.5 Å². The summed E-state index contributed by atoms with van der Waals surface area (Å²) in [5.74, 6) is -3.43. The van der Waals surface area contributed by atoms with Gasteiger partial charge >= 0.3 is 17.7 Å². The van der Waals surface area contributed by atoms with Crippen molar-refractivity contribution in [2.24, 2.45) is 0 Å². The fraction of sp³-hybridized carbons (Fsp3) is 0.533. The molecule has 0 spiro atoms. The number of aliphatic hydroxyl groups excluding tert-OH is 1. The molecule has 1 heterocycles. The van der Waals surface area contributed by atoms with Crippen molar-refractivity contribution >= 4 is 23.5 Å². The monoisotopic (exact) mass is 557 g/mol. The summed E-state index contributed by atoms with van der Waals surface area (Å²) in [6, 6.07) is 12.5. The molecule has 2 aromatic carbocycles. The number of nitrogens with one attached hydrogen (secondary N) is 1. The molecule has 2 N–H and O–H groups in total. The number of carbonyl (C=O) groups excluding carboxylic acids is 2. The largest absolute Gasteiger partial charge is 0.456 e. The van der Waals surface area contributed by atoms with Crippen LogP contribution in [0.2, 0.25) is 5.02 Å². The van der Waals surface area contributed by atoms with E-state index < -0.39 is 23.8 Å². The quantitative estimate of drug-likeness (QED) is 0.309. The van der Waals surface area contributed by atoms with E-state index in [2.05, 4.69) is 5.32 Å². The van der Waals surface area contributed by atoms with E-state index in [1.165, 1.54) is 0 Å². The van der Waals surface area contributed by atoms with E-state index in [4.69, 9.17) is 30.5 Å². The first-order chi connectivity index (χ1) is 18.8. The number of aliphatic hydroxyl groups is 1. The summed E-state index contributed by atoms with van der Waals surface area (Å²) < 4.78 is 23.2. The fourth-order valence-electron chi connectivity index (χ4n) is 5.46. The lowest BCUT2D eigenvalue weighted by Gasteiger charge is -2.26. The Balaban J connectivity index is 1.25. The summed E-state index contributed by atoms with van der Waals surface area (Å²) in [6.45, 7) is 2.37. The first kappa shape index (κ1) is 27.7. The average Bonchev–Trinajstić information content (AvgIpc) is 3.69. The minimum absolute atomic E-state index is 0.0172. The molecule has 3 aliphatic rings. The Morgan fingerprint density at radius 2 is 1.59 bits per heavy atom. The number of hydrogen-bond acceptors (Lipinski definition) is 8. The Morgan fingerprint density at radius 1 is 0.974 bits per heavy atom. The van der Waals surface area contributed by atoms with Crippen LogP contribution in [0, 0.1) is 0 Å². The smallest absolute Gasteiger partial charge is 0.453 e. The Hall–Kier alpha value is -2.81. The molecule has 8 nitrogen and oxygen atoms in total. The minimum atomic E-state index is -2.29. The molecule has 0 saturated heterocycles. The third-order valence-electron chi connectivity index (χ3n) is 7.64. The molecule has 0 bridgehead atoms. The van der Waals surface area contributed by atoms with Gasteiger partial charge in [-0.25, -0.2) is 9.59 Å². The molecule has 210 valence electrons.